The SMILES string of the molecule is C=CC(=O)Nc1cccc(Nc2nc(Nc3cc(C[NH+]4CCC4)n(C)n3)ncc2Cl)c1. The van der Waals surface area contributed by atoms with Crippen molar-refractivity contribution in [1.82, 2.24) is 19.7 Å². The monoisotopic (exact) mass is 439 g/mol. The van der Waals surface area contributed by atoms with Gasteiger partial charge in [0.05, 0.1) is 25.0 Å². The molecule has 1 aliphatic rings. The molecule has 160 valence electrons. The largest absolute Gasteiger partial charge is 0.339 e. The van der Waals surface area contributed by atoms with Crippen molar-refractivity contribution in [3.8, 4) is 0 Å². The van der Waals surface area contributed by atoms with Crippen molar-refractivity contribution >= 4 is 46.5 Å². The van der Waals surface area contributed by atoms with Crippen LogP contribution < -0.4 is 20.9 Å². The van der Waals surface area contributed by atoms with E-state index in [2.05, 4.69) is 37.6 Å². The topological polar surface area (TPSA) is 101 Å². The number of hydrogen-bond donors (Lipinski definition) is 4. The minimum absolute atomic E-state index is 0.283. The Balaban J connectivity index is 1.47. The highest BCUT2D eigenvalue weighted by molar-refractivity contribution is 6.32. The van der Waals surface area contributed by atoms with Gasteiger partial charge in [-0.25, -0.2) is 4.98 Å². The standard InChI is InChI=1S/C21H23ClN8O/c1-3-19(31)24-14-6-4-7-15(10-14)25-20-17(22)12-23-21(27-20)26-18-11-16(29(2)28-18)13-30-8-5-9-30/h3-4,6-7,10-12H,1,5,8-9,13H2,2H3,(H,24,31)(H2,23,25,26,27,28)/p+1. The second kappa shape index (κ2) is 9.15. The number of anilines is 5. The maximum atomic E-state index is 11.5. The number of nitrogens with zero attached hydrogens (tertiary/aromatic N) is 4. The average molecular weight is 440 g/mol. The fourth-order valence-electron chi connectivity index (χ4n) is 3.23. The van der Waals surface area contributed by atoms with Crippen LogP contribution in [0.15, 0.2) is 49.2 Å². The fourth-order valence-corrected chi connectivity index (χ4v) is 3.36. The van der Waals surface area contributed by atoms with Gasteiger partial charge in [-0.15, -0.1) is 0 Å². The van der Waals surface area contributed by atoms with Gasteiger partial charge < -0.3 is 20.9 Å². The molecule has 1 aliphatic heterocycles. The van der Waals surface area contributed by atoms with Crippen LogP contribution in [0.2, 0.25) is 5.02 Å². The Labute approximate surface area is 185 Å². The van der Waals surface area contributed by atoms with Crippen molar-refractivity contribution in [3.05, 3.63) is 59.9 Å². The van der Waals surface area contributed by atoms with Crippen molar-refractivity contribution in [2.24, 2.45) is 7.05 Å². The minimum Gasteiger partial charge on any atom is -0.339 e. The minimum atomic E-state index is -0.283. The second-order valence-corrected chi connectivity index (χ2v) is 7.75. The second-order valence-electron chi connectivity index (χ2n) is 7.34. The van der Waals surface area contributed by atoms with E-state index in [1.165, 1.54) is 31.8 Å². The molecule has 1 saturated heterocycles. The molecule has 0 radical (unpaired) electrons. The van der Waals surface area contributed by atoms with Crippen LogP contribution in [0.1, 0.15) is 12.1 Å². The zero-order valence-corrected chi connectivity index (χ0v) is 17.9. The van der Waals surface area contributed by atoms with E-state index in [-0.39, 0.29) is 5.91 Å². The number of carbonyl (C=O) groups excluding carboxylic acids is 1. The predicted octanol–water partition coefficient (Wildman–Crippen LogP) is 2.26. The third-order valence-corrected chi connectivity index (χ3v) is 5.31. The molecule has 0 aliphatic carbocycles. The first kappa shape index (κ1) is 20.8. The van der Waals surface area contributed by atoms with Crippen molar-refractivity contribution in [2.45, 2.75) is 13.0 Å². The molecule has 0 spiro atoms. The number of nitrogens with one attached hydrogen (secondary N) is 4. The molecule has 0 unspecified atom stereocenters. The number of amides is 1. The van der Waals surface area contributed by atoms with Gasteiger partial charge in [-0.3, -0.25) is 9.48 Å². The van der Waals surface area contributed by atoms with Crippen molar-refractivity contribution in [2.75, 3.05) is 29.0 Å². The molecule has 2 aromatic heterocycles. The lowest BCUT2D eigenvalue weighted by Gasteiger charge is -2.26. The van der Waals surface area contributed by atoms with Gasteiger partial charge in [0.25, 0.3) is 0 Å². The number of carbonyl (C=O) groups is 1. The summed E-state index contributed by atoms with van der Waals surface area (Å²) in [7, 11) is 1.94. The Morgan fingerprint density at radius 3 is 2.84 bits per heavy atom. The molecule has 3 aromatic rings. The van der Waals surface area contributed by atoms with Gasteiger partial charge in [-0.05, 0) is 24.3 Å². The van der Waals surface area contributed by atoms with E-state index >= 15 is 0 Å². The Kier molecular flexibility index (Phi) is 6.15. The van der Waals surface area contributed by atoms with Gasteiger partial charge in [-0.2, -0.15) is 10.1 Å². The van der Waals surface area contributed by atoms with Gasteiger partial charge in [0, 0.05) is 30.9 Å². The van der Waals surface area contributed by atoms with Gasteiger partial charge >= 0.3 is 0 Å². The maximum absolute atomic E-state index is 11.5. The number of likely N-dealkylation sites (tertiary alicyclic amines) is 1. The van der Waals surface area contributed by atoms with Crippen LogP contribution in [0.4, 0.5) is 29.0 Å². The van der Waals surface area contributed by atoms with Crippen molar-refractivity contribution < 1.29 is 9.69 Å². The smallest absolute Gasteiger partial charge is 0.247 e. The summed E-state index contributed by atoms with van der Waals surface area (Å²) in [5.74, 6) is 1.21. The molecule has 1 amide bonds. The molecule has 4 rings (SSSR count). The van der Waals surface area contributed by atoms with Crippen LogP contribution in [0.3, 0.4) is 0 Å². The lowest BCUT2D eigenvalue weighted by molar-refractivity contribution is -0.952. The molecule has 9 nitrogen and oxygen atoms in total. The summed E-state index contributed by atoms with van der Waals surface area (Å²) in [4.78, 5) is 21.8. The van der Waals surface area contributed by atoms with Crippen LogP contribution in [-0.4, -0.2) is 38.7 Å². The van der Waals surface area contributed by atoms with Gasteiger partial charge in [-0.1, -0.05) is 24.2 Å². The molecule has 0 atom stereocenters. The highest BCUT2D eigenvalue weighted by Gasteiger charge is 2.20. The predicted molar refractivity (Wildman–Crippen MR) is 121 cm³/mol. The Morgan fingerprint density at radius 2 is 2.10 bits per heavy atom. The van der Waals surface area contributed by atoms with Crippen molar-refractivity contribution in [3.63, 3.8) is 0 Å². The van der Waals surface area contributed by atoms with E-state index in [0.29, 0.717) is 34.0 Å². The van der Waals surface area contributed by atoms with Crippen LogP contribution in [0, 0.1) is 0 Å². The Morgan fingerprint density at radius 1 is 1.29 bits per heavy atom. The molecule has 3 heterocycles. The molecule has 31 heavy (non-hydrogen) atoms. The van der Waals surface area contributed by atoms with E-state index < -0.39 is 0 Å². The first-order chi connectivity index (χ1) is 15.0. The summed E-state index contributed by atoms with van der Waals surface area (Å²) in [5.41, 5.74) is 2.50. The number of aryl methyl sites for hydroxylation is 1. The summed E-state index contributed by atoms with van der Waals surface area (Å²) in [6.07, 6.45) is 4.03. The fraction of sp³-hybridized carbons (Fsp3) is 0.238. The van der Waals surface area contributed by atoms with E-state index in [1.807, 2.05) is 29.9 Å². The lowest BCUT2D eigenvalue weighted by Crippen LogP contribution is -3.16. The average Bonchev–Trinajstić information content (AvgIpc) is 3.06. The summed E-state index contributed by atoms with van der Waals surface area (Å²) in [6.45, 7) is 6.83. The van der Waals surface area contributed by atoms with E-state index in [4.69, 9.17) is 11.6 Å². The van der Waals surface area contributed by atoms with Gasteiger partial charge in [0.2, 0.25) is 11.9 Å². The number of rotatable bonds is 8. The zero-order chi connectivity index (χ0) is 21.8. The summed E-state index contributed by atoms with van der Waals surface area (Å²) < 4.78 is 1.88. The first-order valence-electron chi connectivity index (χ1n) is 9.97. The molecule has 0 saturated carbocycles. The Hall–Kier alpha value is -3.43. The molecule has 1 aromatic carbocycles. The summed E-state index contributed by atoms with van der Waals surface area (Å²) >= 11 is 6.28. The highest BCUT2D eigenvalue weighted by Crippen LogP contribution is 2.26. The normalized spacial score (nSPS) is 13.4. The van der Waals surface area contributed by atoms with Crippen molar-refractivity contribution in [1.29, 1.82) is 0 Å². The maximum Gasteiger partial charge on any atom is 0.247 e. The van der Waals surface area contributed by atoms with E-state index in [0.717, 1.165) is 12.2 Å². The molecule has 0 bridgehead atoms. The van der Waals surface area contributed by atoms with E-state index in [1.54, 1.807) is 17.0 Å². The third-order valence-electron chi connectivity index (χ3n) is 5.03. The Bertz CT molecular complexity index is 1110. The van der Waals surface area contributed by atoms with Gasteiger partial charge in [0.15, 0.2) is 11.6 Å². The van der Waals surface area contributed by atoms with Gasteiger partial charge in [0.1, 0.15) is 11.6 Å². The molecule has 1 fully saturated rings. The molecular weight excluding hydrogens is 416 g/mol. The molecule has 10 heteroatoms. The van der Waals surface area contributed by atoms with Crippen LogP contribution in [-0.2, 0) is 18.4 Å². The first-order valence-corrected chi connectivity index (χ1v) is 10.3. The third kappa shape index (κ3) is 5.19. The number of quaternary nitrogens is 1. The number of aromatic nitrogens is 4. The zero-order valence-electron chi connectivity index (χ0n) is 17.2. The number of benzene rings is 1. The molecule has 4 N–H and O–H groups in total. The van der Waals surface area contributed by atoms with Crippen LogP contribution in [0.5, 0.6) is 0 Å². The molecular formula is C21H24ClN8O+. The van der Waals surface area contributed by atoms with Crippen LogP contribution >= 0.6 is 11.6 Å². The number of halogens is 1. The summed E-state index contributed by atoms with van der Waals surface area (Å²) in [5, 5.41) is 13.9. The summed E-state index contributed by atoms with van der Waals surface area (Å²) in [6, 6.07) is 9.23. The highest BCUT2D eigenvalue weighted by atomic mass is 35.5. The lowest BCUT2D eigenvalue weighted by atomic mass is 10.2. The number of hydrogen-bond acceptors (Lipinski definition) is 6. The van der Waals surface area contributed by atoms with E-state index in [9.17, 15) is 4.79 Å². The van der Waals surface area contributed by atoms with Crippen LogP contribution in [0.25, 0.3) is 0 Å². The quantitative estimate of drug-likeness (QED) is 0.402.